The molecule has 1 fully saturated rings. The van der Waals surface area contributed by atoms with Gasteiger partial charge in [0.1, 0.15) is 0 Å². The molecule has 2 nitrogen and oxygen atoms in total. The summed E-state index contributed by atoms with van der Waals surface area (Å²) >= 11 is 0. The number of ether oxygens (including phenoxy) is 2. The summed E-state index contributed by atoms with van der Waals surface area (Å²) in [6.07, 6.45) is 1.06. The maximum atomic E-state index is 6.64. The van der Waals surface area contributed by atoms with Gasteiger partial charge >= 0.3 is 0 Å². The highest BCUT2D eigenvalue weighted by molar-refractivity contribution is 5.90. The monoisotopic (exact) mass is 368 g/mol. The van der Waals surface area contributed by atoms with Gasteiger partial charge in [-0.1, -0.05) is 91.9 Å². The van der Waals surface area contributed by atoms with Gasteiger partial charge < -0.3 is 9.47 Å². The van der Waals surface area contributed by atoms with Crippen molar-refractivity contribution in [3.63, 3.8) is 0 Å². The summed E-state index contributed by atoms with van der Waals surface area (Å²) < 4.78 is 13.3. The molecule has 0 saturated carbocycles. The number of hydrogen-bond donors (Lipinski definition) is 0. The molecule has 0 unspecified atom stereocenters. The van der Waals surface area contributed by atoms with Crippen LogP contribution in [-0.4, -0.2) is 13.2 Å². The van der Waals surface area contributed by atoms with Crippen molar-refractivity contribution in [2.45, 2.75) is 19.1 Å². The van der Waals surface area contributed by atoms with E-state index in [1.165, 1.54) is 21.5 Å². The summed E-state index contributed by atoms with van der Waals surface area (Å²) in [5.74, 6) is -0.467. The first-order valence-electron chi connectivity index (χ1n) is 10.1. The molecular formula is C26H24O2. The molecule has 0 N–H and O–H groups in total. The fraction of sp³-hybridized carbons (Fsp3) is 0.231. The topological polar surface area (TPSA) is 18.5 Å². The van der Waals surface area contributed by atoms with E-state index < -0.39 is 5.79 Å². The Morgan fingerprint density at radius 3 is 1.64 bits per heavy atom. The van der Waals surface area contributed by atoms with Crippen LogP contribution in [0.3, 0.4) is 0 Å². The van der Waals surface area contributed by atoms with Gasteiger partial charge in [0, 0.05) is 17.0 Å². The minimum Gasteiger partial charge on any atom is -0.342 e. The SMILES string of the molecule is CCC1COC(c2cccc3ccccc23)(c2cccc3ccccc23)OC1. The molecule has 5 rings (SSSR count). The average molecular weight is 368 g/mol. The van der Waals surface area contributed by atoms with Gasteiger partial charge in [0.05, 0.1) is 13.2 Å². The number of fused-ring (bicyclic) bond motifs is 2. The standard InChI is InChI=1S/C26H24O2/c1-2-19-17-27-26(28-18-19,24-15-7-11-20-9-3-5-13-22(20)24)25-16-8-12-21-10-4-6-14-23(21)25/h3-16,19H,2,17-18H2,1H3. The Kier molecular flexibility index (Phi) is 4.38. The summed E-state index contributed by atoms with van der Waals surface area (Å²) in [6, 6.07) is 29.7. The molecule has 0 spiro atoms. The van der Waals surface area contributed by atoms with E-state index in [9.17, 15) is 0 Å². The van der Waals surface area contributed by atoms with Crippen LogP contribution in [0.5, 0.6) is 0 Å². The Hall–Kier alpha value is -2.68. The molecule has 1 aliphatic rings. The van der Waals surface area contributed by atoms with E-state index in [4.69, 9.17) is 9.47 Å². The zero-order valence-corrected chi connectivity index (χ0v) is 16.1. The highest BCUT2D eigenvalue weighted by Gasteiger charge is 2.43. The number of benzene rings is 4. The van der Waals surface area contributed by atoms with E-state index in [1.54, 1.807) is 0 Å². The maximum absolute atomic E-state index is 6.64. The molecule has 0 bridgehead atoms. The predicted molar refractivity (Wildman–Crippen MR) is 114 cm³/mol. The second-order valence-electron chi connectivity index (χ2n) is 7.57. The normalized spacial score (nSPS) is 17.2. The minimum atomic E-state index is -0.895. The van der Waals surface area contributed by atoms with Crippen molar-refractivity contribution in [1.29, 1.82) is 0 Å². The molecule has 1 saturated heterocycles. The summed E-state index contributed by atoms with van der Waals surface area (Å²) in [7, 11) is 0. The fourth-order valence-corrected chi connectivity index (χ4v) is 4.28. The van der Waals surface area contributed by atoms with Gasteiger partial charge in [0.2, 0.25) is 5.79 Å². The third-order valence-electron chi connectivity index (χ3n) is 5.91. The summed E-state index contributed by atoms with van der Waals surface area (Å²) in [4.78, 5) is 0. The highest BCUT2D eigenvalue weighted by atomic mass is 16.7. The van der Waals surface area contributed by atoms with E-state index in [0.717, 1.165) is 17.5 Å². The first kappa shape index (κ1) is 17.4. The van der Waals surface area contributed by atoms with Crippen molar-refractivity contribution in [2.75, 3.05) is 13.2 Å². The lowest BCUT2D eigenvalue weighted by molar-refractivity contribution is -0.266. The molecule has 0 amide bonds. The summed E-state index contributed by atoms with van der Waals surface area (Å²) in [5, 5.41) is 4.75. The lowest BCUT2D eigenvalue weighted by Crippen LogP contribution is -2.43. The van der Waals surface area contributed by atoms with Gasteiger partial charge in [-0.15, -0.1) is 0 Å². The Morgan fingerprint density at radius 2 is 1.14 bits per heavy atom. The Balaban J connectivity index is 1.79. The second kappa shape index (κ2) is 7.05. The van der Waals surface area contributed by atoms with E-state index in [-0.39, 0.29) is 0 Å². The number of rotatable bonds is 3. The Morgan fingerprint density at radius 1 is 0.679 bits per heavy atom. The maximum Gasteiger partial charge on any atom is 0.223 e. The molecule has 140 valence electrons. The van der Waals surface area contributed by atoms with Crippen molar-refractivity contribution in [1.82, 2.24) is 0 Å². The third-order valence-corrected chi connectivity index (χ3v) is 5.91. The van der Waals surface area contributed by atoms with Gasteiger partial charge in [-0.2, -0.15) is 0 Å². The van der Waals surface area contributed by atoms with Crippen LogP contribution in [0, 0.1) is 5.92 Å². The van der Waals surface area contributed by atoms with Gasteiger partial charge in [-0.3, -0.25) is 0 Å². The summed E-state index contributed by atoms with van der Waals surface area (Å²) in [6.45, 7) is 3.59. The molecule has 28 heavy (non-hydrogen) atoms. The average Bonchev–Trinajstić information content (AvgIpc) is 2.78. The second-order valence-corrected chi connectivity index (χ2v) is 7.57. The van der Waals surface area contributed by atoms with Gasteiger partial charge in [0.25, 0.3) is 0 Å². The minimum absolute atomic E-state index is 0.429. The van der Waals surface area contributed by atoms with E-state index in [1.807, 2.05) is 0 Å². The van der Waals surface area contributed by atoms with Crippen LogP contribution in [0.25, 0.3) is 21.5 Å². The molecule has 0 aliphatic carbocycles. The molecule has 2 heteroatoms. The molecule has 0 radical (unpaired) electrons. The molecule has 4 aromatic rings. The molecule has 4 aromatic carbocycles. The van der Waals surface area contributed by atoms with Crippen LogP contribution in [-0.2, 0) is 15.3 Å². The predicted octanol–water partition coefficient (Wildman–Crippen LogP) is 6.27. The van der Waals surface area contributed by atoms with Gasteiger partial charge in [-0.25, -0.2) is 0 Å². The van der Waals surface area contributed by atoms with Crippen molar-refractivity contribution in [3.05, 3.63) is 96.1 Å². The van der Waals surface area contributed by atoms with Crippen molar-refractivity contribution in [2.24, 2.45) is 5.92 Å². The van der Waals surface area contributed by atoms with Crippen molar-refractivity contribution >= 4 is 21.5 Å². The van der Waals surface area contributed by atoms with Crippen LogP contribution in [0.1, 0.15) is 24.5 Å². The smallest absolute Gasteiger partial charge is 0.223 e. The van der Waals surface area contributed by atoms with Crippen LogP contribution in [0.15, 0.2) is 84.9 Å². The van der Waals surface area contributed by atoms with Crippen LogP contribution in [0.2, 0.25) is 0 Å². The van der Waals surface area contributed by atoms with Crippen molar-refractivity contribution in [3.8, 4) is 0 Å². The quantitative estimate of drug-likeness (QED) is 0.424. The first-order chi connectivity index (χ1) is 13.8. The van der Waals surface area contributed by atoms with Gasteiger partial charge in [-0.05, 0) is 28.0 Å². The zero-order chi connectivity index (χ0) is 19.0. The summed E-state index contributed by atoms with van der Waals surface area (Å²) in [5.41, 5.74) is 2.16. The van der Waals surface area contributed by atoms with E-state index >= 15 is 0 Å². The number of hydrogen-bond acceptors (Lipinski definition) is 2. The van der Waals surface area contributed by atoms with Crippen molar-refractivity contribution < 1.29 is 9.47 Å². The van der Waals surface area contributed by atoms with Gasteiger partial charge in [0.15, 0.2) is 0 Å². The van der Waals surface area contributed by atoms with Crippen LogP contribution >= 0.6 is 0 Å². The van der Waals surface area contributed by atoms with E-state index in [0.29, 0.717) is 19.1 Å². The molecular weight excluding hydrogens is 344 g/mol. The first-order valence-corrected chi connectivity index (χ1v) is 10.1. The highest BCUT2D eigenvalue weighted by Crippen LogP contribution is 2.44. The zero-order valence-electron chi connectivity index (χ0n) is 16.1. The lowest BCUT2D eigenvalue weighted by Gasteiger charge is -2.41. The molecule has 1 heterocycles. The van der Waals surface area contributed by atoms with E-state index in [2.05, 4.69) is 91.9 Å². The molecule has 0 atom stereocenters. The fourth-order valence-electron chi connectivity index (χ4n) is 4.28. The molecule has 1 aliphatic heterocycles. The molecule has 0 aromatic heterocycles. The third kappa shape index (κ3) is 2.72. The van der Waals surface area contributed by atoms with Crippen LogP contribution in [0.4, 0.5) is 0 Å². The Labute approximate surface area is 165 Å². The lowest BCUT2D eigenvalue weighted by atomic mass is 9.88. The van der Waals surface area contributed by atoms with Crippen LogP contribution < -0.4 is 0 Å². The largest absolute Gasteiger partial charge is 0.342 e. The Bertz CT molecular complexity index is 1030.